The number of fused-ring (bicyclic) bond motifs is 1. The molecule has 1 aromatic heterocycles. The molecule has 0 atom stereocenters. The van der Waals surface area contributed by atoms with Gasteiger partial charge in [0, 0.05) is 19.5 Å². The Morgan fingerprint density at radius 1 is 1.28 bits per heavy atom. The van der Waals surface area contributed by atoms with Crippen LogP contribution in [0, 0.1) is 0 Å². The van der Waals surface area contributed by atoms with Crippen LogP contribution in [-0.2, 0) is 13.0 Å². The van der Waals surface area contributed by atoms with Gasteiger partial charge in [-0.3, -0.25) is 4.79 Å². The summed E-state index contributed by atoms with van der Waals surface area (Å²) in [6.07, 6.45) is 6.82. The van der Waals surface area contributed by atoms with Gasteiger partial charge in [0.15, 0.2) is 0 Å². The molecule has 132 valence electrons. The predicted octanol–water partition coefficient (Wildman–Crippen LogP) is 3.11. The summed E-state index contributed by atoms with van der Waals surface area (Å²) in [5.41, 5.74) is 2.72. The molecule has 0 bridgehead atoms. The van der Waals surface area contributed by atoms with Crippen molar-refractivity contribution in [3.63, 3.8) is 0 Å². The molecule has 0 unspecified atom stereocenters. The highest BCUT2D eigenvalue weighted by molar-refractivity contribution is 5.66. The maximum atomic E-state index is 12.2. The first-order valence-electron chi connectivity index (χ1n) is 8.87. The van der Waals surface area contributed by atoms with Crippen molar-refractivity contribution in [2.24, 2.45) is 0 Å². The van der Waals surface area contributed by atoms with Crippen molar-refractivity contribution < 1.29 is 4.74 Å². The number of likely N-dealkylation sites (N-methyl/N-ethyl adjacent to an activating group) is 1. The first-order valence-corrected chi connectivity index (χ1v) is 8.87. The van der Waals surface area contributed by atoms with Gasteiger partial charge in [0.2, 0.25) is 0 Å². The second-order valence-electron chi connectivity index (χ2n) is 6.47. The van der Waals surface area contributed by atoms with Gasteiger partial charge < -0.3 is 14.6 Å². The van der Waals surface area contributed by atoms with E-state index in [2.05, 4.69) is 21.8 Å². The lowest BCUT2D eigenvalue weighted by Gasteiger charge is -2.23. The SMILES string of the molecule is CCCCOc1ccc(C=Cc2nc3c(c(=O)[nH]2)CN(C)CC3)cc1. The summed E-state index contributed by atoms with van der Waals surface area (Å²) >= 11 is 0. The molecular formula is C20H25N3O2. The number of nitrogens with one attached hydrogen (secondary N) is 1. The third-order valence-corrected chi connectivity index (χ3v) is 4.36. The molecule has 1 aromatic carbocycles. The topological polar surface area (TPSA) is 58.2 Å². The molecule has 25 heavy (non-hydrogen) atoms. The minimum Gasteiger partial charge on any atom is -0.494 e. The molecule has 0 radical (unpaired) electrons. The van der Waals surface area contributed by atoms with E-state index in [1.807, 2.05) is 43.5 Å². The Balaban J connectivity index is 1.70. The van der Waals surface area contributed by atoms with Crippen LogP contribution in [0.1, 0.15) is 42.4 Å². The number of hydrogen-bond donors (Lipinski definition) is 1. The van der Waals surface area contributed by atoms with E-state index in [4.69, 9.17) is 4.74 Å². The number of rotatable bonds is 6. The zero-order chi connectivity index (χ0) is 17.6. The number of aromatic amines is 1. The fourth-order valence-electron chi connectivity index (χ4n) is 2.84. The van der Waals surface area contributed by atoms with Crippen molar-refractivity contribution in [2.45, 2.75) is 32.7 Å². The minimum absolute atomic E-state index is 0.0316. The zero-order valence-corrected chi connectivity index (χ0v) is 14.9. The van der Waals surface area contributed by atoms with Crippen molar-refractivity contribution in [1.29, 1.82) is 0 Å². The molecule has 0 amide bonds. The number of aromatic nitrogens is 2. The van der Waals surface area contributed by atoms with E-state index in [0.29, 0.717) is 12.4 Å². The summed E-state index contributed by atoms with van der Waals surface area (Å²) in [4.78, 5) is 21.8. The molecule has 0 aliphatic carbocycles. The maximum absolute atomic E-state index is 12.2. The second kappa shape index (κ2) is 8.12. The molecule has 2 heterocycles. The summed E-state index contributed by atoms with van der Waals surface area (Å²) in [7, 11) is 2.02. The van der Waals surface area contributed by atoms with E-state index < -0.39 is 0 Å². The normalized spacial score (nSPS) is 14.6. The Hall–Kier alpha value is -2.40. The van der Waals surface area contributed by atoms with Gasteiger partial charge in [-0.1, -0.05) is 31.6 Å². The van der Waals surface area contributed by atoms with Gasteiger partial charge in [0.1, 0.15) is 11.6 Å². The van der Waals surface area contributed by atoms with Crippen molar-refractivity contribution >= 4 is 12.2 Å². The van der Waals surface area contributed by atoms with Crippen LogP contribution in [0.25, 0.3) is 12.2 Å². The van der Waals surface area contributed by atoms with Gasteiger partial charge in [-0.15, -0.1) is 0 Å². The van der Waals surface area contributed by atoms with Crippen LogP contribution in [0.5, 0.6) is 5.75 Å². The Kier molecular flexibility index (Phi) is 5.66. The third kappa shape index (κ3) is 4.57. The lowest BCUT2D eigenvalue weighted by Crippen LogP contribution is -2.33. The van der Waals surface area contributed by atoms with Crippen LogP contribution < -0.4 is 10.3 Å². The maximum Gasteiger partial charge on any atom is 0.255 e. The minimum atomic E-state index is -0.0316. The molecular weight excluding hydrogens is 314 g/mol. The first kappa shape index (κ1) is 17.4. The first-order chi connectivity index (χ1) is 12.2. The smallest absolute Gasteiger partial charge is 0.255 e. The Morgan fingerprint density at radius 3 is 2.84 bits per heavy atom. The summed E-state index contributed by atoms with van der Waals surface area (Å²) in [6, 6.07) is 7.94. The Labute approximate surface area is 148 Å². The second-order valence-corrected chi connectivity index (χ2v) is 6.47. The van der Waals surface area contributed by atoms with Crippen LogP contribution in [0.2, 0.25) is 0 Å². The van der Waals surface area contributed by atoms with Gasteiger partial charge >= 0.3 is 0 Å². The number of unbranched alkanes of at least 4 members (excludes halogenated alkanes) is 1. The highest BCUT2D eigenvalue weighted by Crippen LogP contribution is 2.15. The molecule has 1 aliphatic rings. The van der Waals surface area contributed by atoms with Gasteiger partial charge in [-0.2, -0.15) is 0 Å². The number of ether oxygens (including phenoxy) is 1. The van der Waals surface area contributed by atoms with Gasteiger partial charge in [0.05, 0.1) is 17.9 Å². The van der Waals surface area contributed by atoms with Crippen molar-refractivity contribution in [1.82, 2.24) is 14.9 Å². The average molecular weight is 339 g/mol. The number of nitrogens with zero attached hydrogens (tertiary/aromatic N) is 2. The molecule has 2 aromatic rings. The molecule has 0 saturated carbocycles. The quantitative estimate of drug-likeness (QED) is 0.822. The fraction of sp³-hybridized carbons (Fsp3) is 0.400. The van der Waals surface area contributed by atoms with Crippen LogP contribution >= 0.6 is 0 Å². The molecule has 1 aliphatic heterocycles. The Morgan fingerprint density at radius 2 is 2.08 bits per heavy atom. The summed E-state index contributed by atoms with van der Waals surface area (Å²) in [5.74, 6) is 1.49. The van der Waals surface area contributed by atoms with E-state index in [-0.39, 0.29) is 5.56 Å². The van der Waals surface area contributed by atoms with Crippen molar-refractivity contribution in [2.75, 3.05) is 20.2 Å². The standard InChI is InChI=1S/C20H25N3O2/c1-3-4-13-25-16-8-5-15(6-9-16)7-10-19-21-18-11-12-23(2)14-17(18)20(24)22-19/h5-10H,3-4,11-14H2,1-2H3,(H,21,22,24). The average Bonchev–Trinajstić information content (AvgIpc) is 2.62. The van der Waals surface area contributed by atoms with Crippen molar-refractivity contribution in [3.8, 4) is 5.75 Å². The summed E-state index contributed by atoms with van der Waals surface area (Å²) in [5, 5.41) is 0. The van der Waals surface area contributed by atoms with Gasteiger partial charge in [-0.05, 0) is 37.2 Å². The summed E-state index contributed by atoms with van der Waals surface area (Å²) in [6.45, 7) is 4.50. The molecule has 3 rings (SSSR count). The van der Waals surface area contributed by atoms with E-state index in [1.165, 1.54) is 0 Å². The van der Waals surface area contributed by atoms with Crippen LogP contribution in [0.15, 0.2) is 29.1 Å². The fourth-order valence-corrected chi connectivity index (χ4v) is 2.84. The molecule has 0 spiro atoms. The zero-order valence-electron chi connectivity index (χ0n) is 14.9. The lowest BCUT2D eigenvalue weighted by molar-refractivity contribution is 0.307. The monoisotopic (exact) mass is 339 g/mol. The van der Waals surface area contributed by atoms with Gasteiger partial charge in [0.25, 0.3) is 5.56 Å². The van der Waals surface area contributed by atoms with Crippen LogP contribution in [0.3, 0.4) is 0 Å². The van der Waals surface area contributed by atoms with Crippen LogP contribution in [-0.4, -0.2) is 35.1 Å². The molecule has 0 fully saturated rings. The van der Waals surface area contributed by atoms with Gasteiger partial charge in [-0.25, -0.2) is 4.98 Å². The van der Waals surface area contributed by atoms with E-state index >= 15 is 0 Å². The molecule has 0 saturated heterocycles. The lowest BCUT2D eigenvalue weighted by atomic mass is 10.1. The Bertz CT molecular complexity index is 794. The number of benzene rings is 1. The van der Waals surface area contributed by atoms with Crippen LogP contribution in [0.4, 0.5) is 0 Å². The molecule has 5 nitrogen and oxygen atoms in total. The van der Waals surface area contributed by atoms with Crippen molar-refractivity contribution in [3.05, 3.63) is 57.3 Å². The molecule has 5 heteroatoms. The number of hydrogen-bond acceptors (Lipinski definition) is 4. The number of H-pyrrole nitrogens is 1. The third-order valence-electron chi connectivity index (χ3n) is 4.36. The van der Waals surface area contributed by atoms with E-state index in [0.717, 1.165) is 55.0 Å². The highest BCUT2D eigenvalue weighted by Gasteiger charge is 2.17. The highest BCUT2D eigenvalue weighted by atomic mass is 16.5. The largest absolute Gasteiger partial charge is 0.494 e. The summed E-state index contributed by atoms with van der Waals surface area (Å²) < 4.78 is 5.66. The van der Waals surface area contributed by atoms with E-state index in [9.17, 15) is 4.79 Å². The molecule has 1 N–H and O–H groups in total. The predicted molar refractivity (Wildman–Crippen MR) is 101 cm³/mol. The van der Waals surface area contributed by atoms with E-state index in [1.54, 1.807) is 0 Å².